The standard InChI is InChI=1S/C11H16N2O2.C3H9NO.C2H6/c1-4-13(2)12-11(14)9-7-5-6-8-10(9)15-3;1-5-3-2-4;1-2/h5-8H,4H2,1-3H3,(H,12,14);2-4H2,1H3;1-2H3. The van der Waals surface area contributed by atoms with Crippen molar-refractivity contribution in [3.05, 3.63) is 29.8 Å². The Hall–Kier alpha value is -1.63. The molecule has 128 valence electrons. The molecule has 1 amide bonds. The summed E-state index contributed by atoms with van der Waals surface area (Å²) < 4.78 is 9.67. The molecule has 0 aliphatic heterocycles. The fourth-order valence-corrected chi connectivity index (χ4v) is 1.26. The van der Waals surface area contributed by atoms with Crippen LogP contribution in [0.5, 0.6) is 5.75 Å². The first kappa shape index (κ1) is 22.6. The fourth-order valence-electron chi connectivity index (χ4n) is 1.26. The van der Waals surface area contributed by atoms with Crippen LogP contribution in [-0.4, -0.2) is 51.9 Å². The maximum atomic E-state index is 11.8. The molecule has 0 saturated heterocycles. The number of hydrogen-bond acceptors (Lipinski definition) is 5. The van der Waals surface area contributed by atoms with Crippen LogP contribution in [0.4, 0.5) is 0 Å². The first-order valence-electron chi connectivity index (χ1n) is 7.44. The van der Waals surface area contributed by atoms with Crippen molar-refractivity contribution in [2.75, 3.05) is 41.0 Å². The number of amides is 1. The highest BCUT2D eigenvalue weighted by atomic mass is 16.5. The summed E-state index contributed by atoms with van der Waals surface area (Å²) in [4.78, 5) is 11.8. The molecule has 0 atom stereocenters. The quantitative estimate of drug-likeness (QED) is 0.785. The first-order chi connectivity index (χ1) is 10.6. The van der Waals surface area contributed by atoms with Crippen LogP contribution in [0.1, 0.15) is 31.1 Å². The molecule has 6 heteroatoms. The monoisotopic (exact) mass is 313 g/mol. The van der Waals surface area contributed by atoms with E-state index < -0.39 is 0 Å². The van der Waals surface area contributed by atoms with Crippen LogP contribution in [0.15, 0.2) is 24.3 Å². The van der Waals surface area contributed by atoms with E-state index in [1.54, 1.807) is 31.4 Å². The number of carbonyl (C=O) groups is 1. The lowest BCUT2D eigenvalue weighted by Crippen LogP contribution is -2.39. The van der Waals surface area contributed by atoms with Crippen LogP contribution < -0.4 is 15.9 Å². The van der Waals surface area contributed by atoms with Gasteiger partial charge in [-0.05, 0) is 12.1 Å². The molecule has 0 radical (unpaired) electrons. The van der Waals surface area contributed by atoms with Crippen molar-refractivity contribution in [3.8, 4) is 5.75 Å². The van der Waals surface area contributed by atoms with E-state index >= 15 is 0 Å². The van der Waals surface area contributed by atoms with Crippen molar-refractivity contribution in [2.24, 2.45) is 5.73 Å². The lowest BCUT2D eigenvalue weighted by molar-refractivity contribution is 0.0832. The fraction of sp³-hybridized carbons (Fsp3) is 0.562. The van der Waals surface area contributed by atoms with Crippen LogP contribution in [-0.2, 0) is 4.74 Å². The summed E-state index contributed by atoms with van der Waals surface area (Å²) in [5.74, 6) is 0.427. The zero-order chi connectivity index (χ0) is 17.4. The largest absolute Gasteiger partial charge is 0.496 e. The summed E-state index contributed by atoms with van der Waals surface area (Å²) >= 11 is 0. The summed E-state index contributed by atoms with van der Waals surface area (Å²) in [5.41, 5.74) is 8.29. The lowest BCUT2D eigenvalue weighted by Gasteiger charge is -2.16. The average Bonchev–Trinajstić information content (AvgIpc) is 2.57. The van der Waals surface area contributed by atoms with E-state index in [-0.39, 0.29) is 5.91 Å². The molecule has 1 aromatic carbocycles. The number of ether oxygens (including phenoxy) is 2. The highest BCUT2D eigenvalue weighted by Crippen LogP contribution is 2.16. The number of carbonyl (C=O) groups excluding carboxylic acids is 1. The second-order valence-corrected chi connectivity index (χ2v) is 3.94. The van der Waals surface area contributed by atoms with Crippen molar-refractivity contribution in [2.45, 2.75) is 20.8 Å². The molecule has 1 rings (SSSR count). The second kappa shape index (κ2) is 15.8. The Morgan fingerprint density at radius 1 is 1.27 bits per heavy atom. The molecule has 0 unspecified atom stereocenters. The van der Waals surface area contributed by atoms with Crippen LogP contribution >= 0.6 is 0 Å². The topological polar surface area (TPSA) is 76.8 Å². The highest BCUT2D eigenvalue weighted by Gasteiger charge is 2.11. The molecular formula is C16H31N3O3. The molecule has 0 saturated carbocycles. The molecule has 0 fully saturated rings. The normalized spacial score (nSPS) is 9.09. The van der Waals surface area contributed by atoms with Gasteiger partial charge in [0.15, 0.2) is 0 Å². The minimum Gasteiger partial charge on any atom is -0.496 e. The molecule has 0 bridgehead atoms. The van der Waals surface area contributed by atoms with E-state index in [9.17, 15) is 4.79 Å². The predicted octanol–water partition coefficient (Wildman–Crippen LogP) is 1.91. The van der Waals surface area contributed by atoms with Gasteiger partial charge in [0.2, 0.25) is 0 Å². The van der Waals surface area contributed by atoms with Crippen molar-refractivity contribution >= 4 is 5.91 Å². The smallest absolute Gasteiger partial charge is 0.269 e. The minimum absolute atomic E-state index is 0.156. The average molecular weight is 313 g/mol. The van der Waals surface area contributed by atoms with Gasteiger partial charge in [-0.15, -0.1) is 0 Å². The first-order valence-corrected chi connectivity index (χ1v) is 7.44. The van der Waals surface area contributed by atoms with Crippen LogP contribution in [0.3, 0.4) is 0 Å². The number of methoxy groups -OCH3 is 2. The lowest BCUT2D eigenvalue weighted by atomic mass is 10.2. The number of benzene rings is 1. The maximum absolute atomic E-state index is 11.8. The molecular weight excluding hydrogens is 282 g/mol. The number of rotatable bonds is 6. The van der Waals surface area contributed by atoms with Crippen molar-refractivity contribution < 1.29 is 14.3 Å². The molecule has 3 N–H and O–H groups in total. The Bertz CT molecular complexity index is 385. The predicted molar refractivity (Wildman–Crippen MR) is 91.0 cm³/mol. The van der Waals surface area contributed by atoms with Gasteiger partial charge >= 0.3 is 0 Å². The summed E-state index contributed by atoms with van der Waals surface area (Å²) in [6.07, 6.45) is 0. The van der Waals surface area contributed by atoms with Crippen LogP contribution in [0, 0.1) is 0 Å². The van der Waals surface area contributed by atoms with Gasteiger partial charge in [-0.1, -0.05) is 32.9 Å². The third-order valence-electron chi connectivity index (χ3n) is 2.44. The zero-order valence-corrected chi connectivity index (χ0v) is 14.7. The van der Waals surface area contributed by atoms with E-state index in [1.807, 2.05) is 40.0 Å². The summed E-state index contributed by atoms with van der Waals surface area (Å²) in [6, 6.07) is 7.14. The molecule has 6 nitrogen and oxygen atoms in total. The van der Waals surface area contributed by atoms with Crippen molar-refractivity contribution in [1.29, 1.82) is 0 Å². The van der Waals surface area contributed by atoms with Gasteiger partial charge in [-0.25, -0.2) is 5.01 Å². The number of nitrogens with one attached hydrogen (secondary N) is 1. The van der Waals surface area contributed by atoms with Crippen molar-refractivity contribution in [1.82, 2.24) is 10.4 Å². The Morgan fingerprint density at radius 3 is 2.27 bits per heavy atom. The highest BCUT2D eigenvalue weighted by molar-refractivity contribution is 5.96. The van der Waals surface area contributed by atoms with Crippen LogP contribution in [0.2, 0.25) is 0 Å². The molecule has 0 heterocycles. The maximum Gasteiger partial charge on any atom is 0.269 e. The number of hydrazine groups is 1. The number of para-hydroxylation sites is 1. The Labute approximate surface area is 134 Å². The third kappa shape index (κ3) is 10.1. The van der Waals surface area contributed by atoms with E-state index in [4.69, 9.17) is 10.5 Å². The van der Waals surface area contributed by atoms with Gasteiger partial charge in [0, 0.05) is 27.2 Å². The van der Waals surface area contributed by atoms with Gasteiger partial charge in [-0.2, -0.15) is 0 Å². The van der Waals surface area contributed by atoms with Crippen molar-refractivity contribution in [3.63, 3.8) is 0 Å². The van der Waals surface area contributed by atoms with E-state index in [2.05, 4.69) is 10.2 Å². The third-order valence-corrected chi connectivity index (χ3v) is 2.44. The van der Waals surface area contributed by atoms with E-state index in [0.29, 0.717) is 24.5 Å². The second-order valence-electron chi connectivity index (χ2n) is 3.94. The summed E-state index contributed by atoms with van der Waals surface area (Å²) in [7, 11) is 5.00. The molecule has 0 aromatic heterocycles. The van der Waals surface area contributed by atoms with Gasteiger partial charge in [-0.3, -0.25) is 10.2 Å². The molecule has 1 aromatic rings. The summed E-state index contributed by atoms with van der Waals surface area (Å²) in [6.45, 7) is 8.00. The SMILES string of the molecule is CC.CCN(C)NC(=O)c1ccccc1OC.COCCN. The van der Waals surface area contributed by atoms with Gasteiger partial charge in [0.25, 0.3) is 5.91 Å². The Morgan fingerprint density at radius 2 is 1.86 bits per heavy atom. The number of hydrogen-bond donors (Lipinski definition) is 2. The summed E-state index contributed by atoms with van der Waals surface area (Å²) in [5, 5.41) is 1.72. The van der Waals surface area contributed by atoms with Crippen LogP contribution in [0.25, 0.3) is 0 Å². The van der Waals surface area contributed by atoms with E-state index in [0.717, 1.165) is 6.54 Å². The molecule has 0 spiro atoms. The Balaban J connectivity index is 0. The van der Waals surface area contributed by atoms with Gasteiger partial charge in [0.05, 0.1) is 19.3 Å². The van der Waals surface area contributed by atoms with E-state index in [1.165, 1.54) is 0 Å². The number of nitrogens with two attached hydrogens (primary N) is 1. The molecule has 0 aliphatic rings. The number of nitrogens with zero attached hydrogens (tertiary/aromatic N) is 1. The van der Waals surface area contributed by atoms with Gasteiger partial charge in [0.1, 0.15) is 5.75 Å². The molecule has 22 heavy (non-hydrogen) atoms. The Kier molecular flexibility index (Phi) is 16.2. The minimum atomic E-state index is -0.156. The van der Waals surface area contributed by atoms with Gasteiger partial charge < -0.3 is 15.2 Å². The molecule has 0 aliphatic carbocycles. The zero-order valence-electron chi connectivity index (χ0n) is 14.7.